The topological polar surface area (TPSA) is 84.5 Å². The molecular weight excluding hydrogens is 236 g/mol. The predicted molar refractivity (Wildman–Crippen MR) is 57.9 cm³/mol. The van der Waals surface area contributed by atoms with Crippen LogP contribution in [0.4, 0.5) is 0 Å². The van der Waals surface area contributed by atoms with E-state index in [1.807, 2.05) is 0 Å². The minimum absolute atomic E-state index is 0.381. The molecule has 0 bridgehead atoms. The Labute approximate surface area is 100 Å². The van der Waals surface area contributed by atoms with Gasteiger partial charge in [0.05, 0.1) is 7.11 Å². The minimum Gasteiger partial charge on any atom is -0.467 e. The first-order valence-electron chi connectivity index (χ1n) is 5.05. The van der Waals surface area contributed by atoms with E-state index in [2.05, 4.69) is 10.1 Å². The van der Waals surface area contributed by atoms with Crippen molar-refractivity contribution in [3.63, 3.8) is 0 Å². The highest BCUT2D eigenvalue weighted by Gasteiger charge is 2.20. The molecule has 92 valence electrons. The highest BCUT2D eigenvalue weighted by molar-refractivity contribution is 6.27. The van der Waals surface area contributed by atoms with Gasteiger partial charge in [-0.25, -0.2) is 4.79 Å². The number of alkyl halides is 1. The van der Waals surface area contributed by atoms with Crippen LogP contribution in [0.15, 0.2) is 0 Å². The van der Waals surface area contributed by atoms with Gasteiger partial charge in [-0.3, -0.25) is 9.59 Å². The SMILES string of the molecule is [2H]N(C(=O)CCl)[C@H](C)C(=O)N[C@@H](C)C(=O)OC. The second kappa shape index (κ2) is 7.05. The molecule has 0 heterocycles. The maximum absolute atomic E-state index is 11.6. The lowest BCUT2D eigenvalue weighted by Crippen LogP contribution is -2.49. The number of rotatable bonds is 5. The fourth-order valence-corrected chi connectivity index (χ4v) is 0.948. The number of hydrogen-bond donors (Lipinski definition) is 2. The molecule has 0 aromatic carbocycles. The fraction of sp³-hybridized carbons (Fsp3) is 0.667. The summed E-state index contributed by atoms with van der Waals surface area (Å²) >= 11 is 5.26. The van der Waals surface area contributed by atoms with Crippen molar-refractivity contribution in [3.8, 4) is 0 Å². The number of halogens is 1. The van der Waals surface area contributed by atoms with Gasteiger partial charge in [-0.15, -0.1) is 11.6 Å². The molecule has 0 aromatic rings. The molecule has 2 atom stereocenters. The summed E-state index contributed by atoms with van der Waals surface area (Å²) in [6.45, 7) is 2.80. The Balaban J connectivity index is 4.41. The van der Waals surface area contributed by atoms with Crippen LogP contribution in [-0.4, -0.2) is 42.9 Å². The van der Waals surface area contributed by atoms with Crippen LogP contribution in [0.3, 0.4) is 0 Å². The van der Waals surface area contributed by atoms with E-state index in [4.69, 9.17) is 13.0 Å². The van der Waals surface area contributed by atoms with Crippen LogP contribution in [0.2, 0.25) is 1.41 Å². The zero-order valence-electron chi connectivity index (χ0n) is 10.3. The third-order valence-corrected chi connectivity index (χ3v) is 1.97. The zero-order chi connectivity index (χ0) is 13.6. The first-order chi connectivity index (χ1) is 7.84. The van der Waals surface area contributed by atoms with Crippen molar-refractivity contribution in [2.45, 2.75) is 25.9 Å². The average molecular weight is 252 g/mol. The van der Waals surface area contributed by atoms with Crippen LogP contribution >= 0.6 is 11.6 Å². The maximum Gasteiger partial charge on any atom is 0.328 e. The summed E-state index contributed by atoms with van der Waals surface area (Å²) in [6, 6.07) is -1.87. The molecule has 6 nitrogen and oxygen atoms in total. The Morgan fingerprint density at radius 1 is 1.38 bits per heavy atom. The van der Waals surface area contributed by atoms with Gasteiger partial charge in [0.15, 0.2) is 1.41 Å². The Kier molecular flexibility index (Phi) is 5.63. The van der Waals surface area contributed by atoms with Crippen molar-refractivity contribution in [1.29, 1.82) is 0 Å². The molecule has 0 radical (unpaired) electrons. The number of nitrogens with one attached hydrogen (secondary N) is 2. The summed E-state index contributed by atoms with van der Waals surface area (Å²) in [5.74, 6) is -2.31. The highest BCUT2D eigenvalue weighted by Crippen LogP contribution is 1.90. The lowest BCUT2D eigenvalue weighted by atomic mass is 10.2. The molecule has 0 saturated carbocycles. The molecule has 0 aliphatic carbocycles. The summed E-state index contributed by atoms with van der Waals surface area (Å²) < 4.78 is 11.8. The number of carbonyl (C=O) groups excluding carboxylic acids is 3. The van der Waals surface area contributed by atoms with Gasteiger partial charge in [0.1, 0.15) is 18.0 Å². The van der Waals surface area contributed by atoms with Gasteiger partial charge in [-0.05, 0) is 13.8 Å². The fourth-order valence-electron chi connectivity index (χ4n) is 0.879. The largest absolute Gasteiger partial charge is 0.467 e. The predicted octanol–water partition coefficient (Wildman–Crippen LogP) is -0.592. The molecule has 16 heavy (non-hydrogen) atoms. The van der Waals surface area contributed by atoms with Gasteiger partial charge in [0, 0.05) is 0 Å². The van der Waals surface area contributed by atoms with Crippen molar-refractivity contribution < 1.29 is 20.5 Å². The molecule has 0 fully saturated rings. The second-order valence-electron chi connectivity index (χ2n) is 3.09. The van der Waals surface area contributed by atoms with Crippen molar-refractivity contribution in [1.82, 2.24) is 10.6 Å². The number of amides is 2. The van der Waals surface area contributed by atoms with E-state index in [-0.39, 0.29) is 5.88 Å². The summed E-state index contributed by atoms with van der Waals surface area (Å²) in [4.78, 5) is 33.7. The van der Waals surface area contributed by atoms with Crippen LogP contribution in [-0.2, 0) is 19.1 Å². The normalized spacial score (nSPS) is 14.4. The van der Waals surface area contributed by atoms with Gasteiger partial charge in [-0.2, -0.15) is 0 Å². The second-order valence-corrected chi connectivity index (χ2v) is 3.35. The molecule has 0 unspecified atom stereocenters. The van der Waals surface area contributed by atoms with Crippen LogP contribution in [0.5, 0.6) is 0 Å². The standard InChI is InChI=1S/C9H15ClN2O4/c1-5(11-7(13)4-10)8(14)12-6(2)9(15)16-3/h5-6H,4H2,1-3H3,(H,11,13)(H,12,14)/t5-,6+/m1/s1/i/hD. The molecular formula is C9H15ClN2O4. The Hall–Kier alpha value is -1.30. The van der Waals surface area contributed by atoms with Crippen LogP contribution in [0, 0.1) is 0 Å². The summed E-state index contributed by atoms with van der Waals surface area (Å²) in [5.41, 5.74) is 0. The summed E-state index contributed by atoms with van der Waals surface area (Å²) in [7, 11) is 1.20. The number of ether oxygens (including phenoxy) is 1. The Bertz CT molecular complexity index is 313. The van der Waals surface area contributed by atoms with E-state index in [0.29, 0.717) is 5.31 Å². The van der Waals surface area contributed by atoms with Crippen LogP contribution in [0.1, 0.15) is 13.8 Å². The summed E-state index contributed by atoms with van der Waals surface area (Å²) in [5, 5.41) is 2.78. The molecule has 0 saturated heterocycles. The van der Waals surface area contributed by atoms with E-state index in [1.54, 1.807) is 0 Å². The van der Waals surface area contributed by atoms with E-state index in [1.165, 1.54) is 21.0 Å². The van der Waals surface area contributed by atoms with E-state index in [0.717, 1.165) is 0 Å². The lowest BCUT2D eigenvalue weighted by Gasteiger charge is -2.16. The number of methoxy groups -OCH3 is 1. The van der Waals surface area contributed by atoms with Gasteiger partial charge in [0.2, 0.25) is 11.8 Å². The first-order valence-corrected chi connectivity index (χ1v) is 5.13. The highest BCUT2D eigenvalue weighted by atomic mass is 35.5. The quantitative estimate of drug-likeness (QED) is 0.505. The third-order valence-electron chi connectivity index (χ3n) is 1.74. The van der Waals surface area contributed by atoms with Gasteiger partial charge < -0.3 is 15.4 Å². The van der Waals surface area contributed by atoms with E-state index in [9.17, 15) is 14.4 Å². The summed E-state index contributed by atoms with van der Waals surface area (Å²) in [6.07, 6.45) is 0. The first kappa shape index (κ1) is 12.8. The van der Waals surface area contributed by atoms with Gasteiger partial charge in [-0.1, -0.05) is 0 Å². The molecule has 0 spiro atoms. The molecule has 7 heteroatoms. The molecule has 2 amide bonds. The number of esters is 1. The molecule has 2 N–H and O–H groups in total. The molecule has 0 aromatic heterocycles. The third kappa shape index (κ3) is 4.97. The lowest BCUT2D eigenvalue weighted by molar-refractivity contribution is -0.144. The zero-order valence-corrected chi connectivity index (χ0v) is 10.1. The Morgan fingerprint density at radius 2 is 1.94 bits per heavy atom. The monoisotopic (exact) mass is 251 g/mol. The van der Waals surface area contributed by atoms with Gasteiger partial charge >= 0.3 is 5.97 Å². The molecule has 0 aliphatic heterocycles. The van der Waals surface area contributed by atoms with Crippen LogP contribution < -0.4 is 10.6 Å². The van der Waals surface area contributed by atoms with E-state index < -0.39 is 29.9 Å². The number of hydrogen-bond acceptors (Lipinski definition) is 4. The molecule has 0 rings (SSSR count). The van der Waals surface area contributed by atoms with Crippen molar-refractivity contribution >= 4 is 29.4 Å². The van der Waals surface area contributed by atoms with Crippen molar-refractivity contribution in [2.24, 2.45) is 0 Å². The molecule has 0 aliphatic rings. The Morgan fingerprint density at radius 3 is 2.38 bits per heavy atom. The maximum atomic E-state index is 11.6. The van der Waals surface area contributed by atoms with Crippen molar-refractivity contribution in [2.75, 3.05) is 13.0 Å². The van der Waals surface area contributed by atoms with Crippen molar-refractivity contribution in [3.05, 3.63) is 0 Å². The van der Waals surface area contributed by atoms with Crippen LogP contribution in [0.25, 0.3) is 0 Å². The van der Waals surface area contributed by atoms with Gasteiger partial charge in [0.25, 0.3) is 0 Å². The minimum atomic E-state index is -1.03. The van der Waals surface area contributed by atoms with E-state index >= 15 is 0 Å². The number of carbonyl (C=O) groups is 3. The average Bonchev–Trinajstić information content (AvgIpc) is 2.34. The smallest absolute Gasteiger partial charge is 0.328 e.